The highest BCUT2D eigenvalue weighted by molar-refractivity contribution is 5.94. The molecule has 16 heteroatoms. The number of nitrogens with zero attached hydrogens (tertiary/aromatic N) is 2. The molecule has 4 aromatic rings. The number of para-hydroxylation sites is 2. The maximum Gasteiger partial charge on any atom is 0.243 e. The van der Waals surface area contributed by atoms with Crippen LogP contribution in [-0.4, -0.2) is 133 Å². The van der Waals surface area contributed by atoms with Crippen molar-refractivity contribution in [2.24, 2.45) is 11.8 Å². The molecule has 2 unspecified atom stereocenters. The van der Waals surface area contributed by atoms with Gasteiger partial charge < -0.3 is 51.2 Å². The van der Waals surface area contributed by atoms with Gasteiger partial charge in [0.25, 0.3) is 0 Å². The molecule has 6 N–H and O–H groups in total. The standard InChI is InChI=1S/C34H48N4O4.C32H46N4O4/c1-9-21-35-32(40)28(22-26-17-13-12-14-18-26)37-31(39)25(5)38(8)33(41)30(24(4)10-2)36-23-34(6,7)42-29-20-16-15-19-27(29)11-3;1-7-22(2)28-31(39)36(6)23(3)29(37)35-26(20-24-14-9-8-10-15-24)30(38)33-19-13-17-25-16-11-12-18-27(25)40-32(4,5)21-34-28/h9,11-20,24-25,28,30,36H,1,3,10,21-23H2,2,4-8H3,(H,35,40)(H,37,39);8-12,14-16,18,22-23,26,28,34H,7,13,17,19-21H2,1-6H3,(H,33,38)(H,35,37)/t24?,25-,28-,30+;22?,23-,26-,28+/m11/s1. The average molecular weight is 1130 g/mol. The number of likely N-dealkylation sites (N-methyl/N-ethyl adjacent to an activating group) is 2. The minimum Gasteiger partial charge on any atom is -0.486 e. The topological polar surface area (TPSA) is 200 Å². The summed E-state index contributed by atoms with van der Waals surface area (Å²) in [5, 5.41) is 18.4. The molecule has 5 rings (SSSR count). The quantitative estimate of drug-likeness (QED) is 0.0447. The van der Waals surface area contributed by atoms with Crippen LogP contribution in [0.3, 0.4) is 0 Å². The molecule has 82 heavy (non-hydrogen) atoms. The predicted octanol–water partition coefficient (Wildman–Crippen LogP) is 7.85. The lowest BCUT2D eigenvalue weighted by Crippen LogP contribution is -2.58. The fourth-order valence-electron chi connectivity index (χ4n) is 9.25. The number of rotatable bonds is 21. The Balaban J connectivity index is 0.000000353. The summed E-state index contributed by atoms with van der Waals surface area (Å²) in [5.74, 6) is -0.150. The van der Waals surface area contributed by atoms with Gasteiger partial charge in [-0.25, -0.2) is 0 Å². The van der Waals surface area contributed by atoms with E-state index in [1.807, 2.05) is 165 Å². The number of nitrogens with one attached hydrogen (secondary N) is 6. The Labute approximate surface area is 489 Å². The third-order valence-corrected chi connectivity index (χ3v) is 15.1. The van der Waals surface area contributed by atoms with E-state index in [1.165, 1.54) is 9.80 Å². The highest BCUT2D eigenvalue weighted by Crippen LogP contribution is 2.27. The fraction of sp³-hybridized carbons (Fsp3) is 0.485. The molecule has 0 spiro atoms. The summed E-state index contributed by atoms with van der Waals surface area (Å²) in [6, 6.07) is 30.5. The minimum absolute atomic E-state index is 0.00184. The molecule has 0 bridgehead atoms. The third-order valence-electron chi connectivity index (χ3n) is 15.1. The second-order valence-electron chi connectivity index (χ2n) is 22.7. The van der Waals surface area contributed by atoms with Crippen molar-refractivity contribution in [2.75, 3.05) is 40.3 Å². The molecule has 0 saturated heterocycles. The van der Waals surface area contributed by atoms with Gasteiger partial charge in [-0.2, -0.15) is 0 Å². The summed E-state index contributed by atoms with van der Waals surface area (Å²) in [5.41, 5.74) is 2.59. The normalized spacial score (nSPS) is 18.9. The molecule has 1 aliphatic rings. The van der Waals surface area contributed by atoms with Crippen LogP contribution in [0.2, 0.25) is 0 Å². The molecule has 0 aromatic heterocycles. The molecular formula is C66H94N8O8. The number of ether oxygens (including phenoxy) is 2. The van der Waals surface area contributed by atoms with Crippen LogP contribution < -0.4 is 41.4 Å². The van der Waals surface area contributed by atoms with E-state index in [9.17, 15) is 28.8 Å². The highest BCUT2D eigenvalue weighted by atomic mass is 16.5. The van der Waals surface area contributed by atoms with Crippen molar-refractivity contribution in [3.05, 3.63) is 151 Å². The molecule has 16 nitrogen and oxygen atoms in total. The van der Waals surface area contributed by atoms with E-state index in [1.54, 1.807) is 40.1 Å². The van der Waals surface area contributed by atoms with Crippen LogP contribution in [0.25, 0.3) is 6.08 Å². The first kappa shape index (κ1) is 67.2. The smallest absolute Gasteiger partial charge is 0.243 e. The molecule has 446 valence electrons. The maximum absolute atomic E-state index is 13.8. The Morgan fingerprint density at radius 3 is 2.12 bits per heavy atom. The van der Waals surface area contributed by atoms with Crippen LogP contribution in [0, 0.1) is 11.8 Å². The first-order chi connectivity index (χ1) is 39.0. The maximum atomic E-state index is 13.8. The zero-order chi connectivity index (χ0) is 60.6. The van der Waals surface area contributed by atoms with E-state index in [-0.39, 0.29) is 47.9 Å². The lowest BCUT2D eigenvalue weighted by Gasteiger charge is -2.35. The van der Waals surface area contributed by atoms with Crippen molar-refractivity contribution in [1.29, 1.82) is 0 Å². The first-order valence-electron chi connectivity index (χ1n) is 29.0. The summed E-state index contributed by atoms with van der Waals surface area (Å²) in [4.78, 5) is 83.3. The summed E-state index contributed by atoms with van der Waals surface area (Å²) in [6.07, 6.45) is 7.02. The number of amides is 6. The van der Waals surface area contributed by atoms with Crippen molar-refractivity contribution >= 4 is 41.5 Å². The van der Waals surface area contributed by atoms with Crippen molar-refractivity contribution in [3.63, 3.8) is 0 Å². The van der Waals surface area contributed by atoms with Crippen LogP contribution in [0.1, 0.15) is 111 Å². The fourth-order valence-corrected chi connectivity index (χ4v) is 9.25. The molecule has 0 radical (unpaired) electrons. The van der Waals surface area contributed by atoms with Gasteiger partial charge in [-0.05, 0) is 95.0 Å². The van der Waals surface area contributed by atoms with Gasteiger partial charge in [-0.15, -0.1) is 6.58 Å². The van der Waals surface area contributed by atoms with Crippen LogP contribution in [0.5, 0.6) is 11.5 Å². The molecule has 1 heterocycles. The Bertz CT molecular complexity index is 2700. The van der Waals surface area contributed by atoms with Crippen LogP contribution in [-0.2, 0) is 48.0 Å². The lowest BCUT2D eigenvalue weighted by molar-refractivity contribution is -0.142. The van der Waals surface area contributed by atoms with Gasteiger partial charge in [0, 0.05) is 58.7 Å². The van der Waals surface area contributed by atoms with Crippen LogP contribution >= 0.6 is 0 Å². The van der Waals surface area contributed by atoms with Crippen molar-refractivity contribution in [2.45, 2.75) is 155 Å². The lowest BCUT2D eigenvalue weighted by atomic mass is 9.96. The molecule has 6 amide bonds. The zero-order valence-electron chi connectivity index (χ0n) is 50.8. The average Bonchev–Trinajstić information content (AvgIpc) is 3.54. The summed E-state index contributed by atoms with van der Waals surface area (Å²) in [6.45, 7) is 28.5. The van der Waals surface area contributed by atoms with Gasteiger partial charge in [-0.3, -0.25) is 28.8 Å². The van der Waals surface area contributed by atoms with Gasteiger partial charge in [0.05, 0.1) is 12.1 Å². The second-order valence-corrected chi connectivity index (χ2v) is 22.7. The summed E-state index contributed by atoms with van der Waals surface area (Å²) >= 11 is 0. The van der Waals surface area contributed by atoms with E-state index in [0.29, 0.717) is 32.5 Å². The Morgan fingerprint density at radius 2 is 1.49 bits per heavy atom. The highest BCUT2D eigenvalue weighted by Gasteiger charge is 2.37. The Morgan fingerprint density at radius 1 is 0.866 bits per heavy atom. The van der Waals surface area contributed by atoms with Gasteiger partial charge in [0.1, 0.15) is 46.9 Å². The first-order valence-corrected chi connectivity index (χ1v) is 29.0. The van der Waals surface area contributed by atoms with Crippen LogP contribution in [0.15, 0.2) is 128 Å². The SMILES string of the molecule is C=CCNC(=O)[C@@H](Cc1ccccc1)NC(=O)[C@@H](C)N(C)C(=O)[C@@H](NCC(C)(C)Oc1ccccc1C=C)C(C)CC.CCC(C)[C@@H]1NCC(C)(C)Oc2ccccc2CCCNC(=O)[C@@H](Cc2ccccc2)NC(=O)[C@@H](C)N(C)C1=O. The number of aryl methyl sites for hydroxylation is 1. The van der Waals surface area contributed by atoms with E-state index in [2.05, 4.69) is 45.1 Å². The number of carbonyl (C=O) groups is 6. The zero-order valence-corrected chi connectivity index (χ0v) is 50.8. The Kier molecular flexibility index (Phi) is 27.0. The molecular weight excluding hydrogens is 1030 g/mol. The van der Waals surface area contributed by atoms with Crippen LogP contribution in [0.4, 0.5) is 0 Å². The van der Waals surface area contributed by atoms with Gasteiger partial charge in [-0.1, -0.05) is 156 Å². The second kappa shape index (κ2) is 33.0. The molecule has 8 atom stereocenters. The van der Waals surface area contributed by atoms with Crippen molar-refractivity contribution < 1.29 is 38.2 Å². The van der Waals surface area contributed by atoms with Crippen molar-refractivity contribution in [1.82, 2.24) is 41.7 Å². The number of carbonyl (C=O) groups excluding carboxylic acids is 6. The monoisotopic (exact) mass is 1130 g/mol. The van der Waals surface area contributed by atoms with E-state index >= 15 is 0 Å². The number of hydrogen-bond donors (Lipinski definition) is 6. The number of fused-ring (bicyclic) bond motifs is 1. The third kappa shape index (κ3) is 20.9. The number of hydrogen-bond acceptors (Lipinski definition) is 10. The predicted molar refractivity (Wildman–Crippen MR) is 328 cm³/mol. The van der Waals surface area contributed by atoms with E-state index in [4.69, 9.17) is 9.47 Å². The summed E-state index contributed by atoms with van der Waals surface area (Å²) in [7, 11) is 3.27. The molecule has 0 aliphatic carbocycles. The summed E-state index contributed by atoms with van der Waals surface area (Å²) < 4.78 is 12.7. The largest absolute Gasteiger partial charge is 0.486 e. The van der Waals surface area contributed by atoms with Gasteiger partial charge >= 0.3 is 0 Å². The van der Waals surface area contributed by atoms with E-state index in [0.717, 1.165) is 59.4 Å². The van der Waals surface area contributed by atoms with Gasteiger partial charge in [0.2, 0.25) is 35.4 Å². The molecule has 0 fully saturated rings. The van der Waals surface area contributed by atoms with E-state index < -0.39 is 53.4 Å². The Hall–Kier alpha value is -7.30. The van der Waals surface area contributed by atoms with Crippen molar-refractivity contribution in [3.8, 4) is 11.5 Å². The molecule has 0 saturated carbocycles. The molecule has 4 aromatic carbocycles. The number of benzene rings is 4. The van der Waals surface area contributed by atoms with Gasteiger partial charge in [0.15, 0.2) is 0 Å². The molecule has 1 aliphatic heterocycles. The minimum atomic E-state index is -0.805.